The van der Waals surface area contributed by atoms with E-state index in [0.717, 1.165) is 24.8 Å². The van der Waals surface area contributed by atoms with E-state index in [1.165, 1.54) is 0 Å². The van der Waals surface area contributed by atoms with E-state index in [-0.39, 0.29) is 13.0 Å². The van der Waals surface area contributed by atoms with Crippen molar-refractivity contribution in [2.24, 2.45) is 0 Å². The van der Waals surface area contributed by atoms with Gasteiger partial charge in [-0.3, -0.25) is 9.59 Å². The zero-order valence-electron chi connectivity index (χ0n) is 13.2. The van der Waals surface area contributed by atoms with E-state index in [2.05, 4.69) is 6.92 Å². The molecule has 0 saturated carbocycles. The number of ether oxygens (including phenoxy) is 2. The molecule has 1 unspecified atom stereocenters. The van der Waals surface area contributed by atoms with Crippen LogP contribution in [0.4, 0.5) is 4.79 Å². The standard InChI is InChI=1S/C17H21NO5/c1-2-3-7-10-22-14-11-15(19)18(16(14)20)17(21)23-12-13-8-5-4-6-9-13/h4-6,8-9,14H,2-3,7,10-12H2,1H3. The topological polar surface area (TPSA) is 72.9 Å². The van der Waals surface area contributed by atoms with Crippen LogP contribution in [0.5, 0.6) is 0 Å². The highest BCUT2D eigenvalue weighted by atomic mass is 16.6. The summed E-state index contributed by atoms with van der Waals surface area (Å²) in [7, 11) is 0. The number of unbranched alkanes of at least 4 members (excludes halogenated alkanes) is 2. The molecule has 124 valence electrons. The van der Waals surface area contributed by atoms with Crippen LogP contribution in [0.2, 0.25) is 0 Å². The number of hydrogen-bond donors (Lipinski definition) is 0. The maximum atomic E-state index is 12.1. The van der Waals surface area contributed by atoms with Gasteiger partial charge in [0.2, 0.25) is 5.91 Å². The minimum atomic E-state index is -0.941. The summed E-state index contributed by atoms with van der Waals surface area (Å²) in [5.74, 6) is -1.21. The van der Waals surface area contributed by atoms with Crippen LogP contribution in [-0.2, 0) is 25.7 Å². The molecular formula is C17H21NO5. The fourth-order valence-electron chi connectivity index (χ4n) is 2.29. The number of carbonyl (C=O) groups excluding carboxylic acids is 3. The summed E-state index contributed by atoms with van der Waals surface area (Å²) in [5, 5.41) is 0. The third-order valence-electron chi connectivity index (χ3n) is 3.56. The van der Waals surface area contributed by atoms with Gasteiger partial charge in [0.05, 0.1) is 6.42 Å². The maximum absolute atomic E-state index is 12.1. The zero-order chi connectivity index (χ0) is 16.7. The third kappa shape index (κ3) is 4.63. The maximum Gasteiger partial charge on any atom is 0.423 e. The molecule has 0 bridgehead atoms. The predicted octanol–water partition coefficient (Wildman–Crippen LogP) is 2.66. The average molecular weight is 319 g/mol. The first-order chi connectivity index (χ1) is 11.1. The quantitative estimate of drug-likeness (QED) is 0.570. The summed E-state index contributed by atoms with van der Waals surface area (Å²) in [6.45, 7) is 2.48. The van der Waals surface area contributed by atoms with E-state index in [1.807, 2.05) is 18.2 Å². The minimum absolute atomic E-state index is 0.0127. The number of amides is 3. The molecule has 23 heavy (non-hydrogen) atoms. The molecule has 0 N–H and O–H groups in total. The molecule has 3 amide bonds. The summed E-state index contributed by atoms with van der Waals surface area (Å²) >= 11 is 0. The van der Waals surface area contributed by atoms with Crippen LogP contribution in [0.1, 0.15) is 38.2 Å². The summed E-state index contributed by atoms with van der Waals surface area (Å²) in [6.07, 6.45) is 0.946. The van der Waals surface area contributed by atoms with E-state index in [0.29, 0.717) is 11.5 Å². The summed E-state index contributed by atoms with van der Waals surface area (Å²) in [4.78, 5) is 36.5. The molecule has 1 fully saturated rings. The van der Waals surface area contributed by atoms with Gasteiger partial charge in [-0.05, 0) is 12.0 Å². The van der Waals surface area contributed by atoms with E-state index in [4.69, 9.17) is 9.47 Å². The molecule has 1 heterocycles. The van der Waals surface area contributed by atoms with Crippen LogP contribution in [0.25, 0.3) is 0 Å². The van der Waals surface area contributed by atoms with Gasteiger partial charge in [0.15, 0.2) is 0 Å². The number of carbonyl (C=O) groups is 3. The van der Waals surface area contributed by atoms with Gasteiger partial charge in [-0.15, -0.1) is 0 Å². The van der Waals surface area contributed by atoms with Crippen molar-refractivity contribution in [3.05, 3.63) is 35.9 Å². The van der Waals surface area contributed by atoms with E-state index in [1.54, 1.807) is 12.1 Å². The summed E-state index contributed by atoms with van der Waals surface area (Å²) in [5.41, 5.74) is 0.785. The van der Waals surface area contributed by atoms with Crippen molar-refractivity contribution in [2.45, 2.75) is 45.3 Å². The fourth-order valence-corrected chi connectivity index (χ4v) is 2.29. The molecule has 1 aliphatic rings. The van der Waals surface area contributed by atoms with Crippen molar-refractivity contribution in [1.29, 1.82) is 0 Å². The second kappa shape index (κ2) is 8.43. The second-order valence-corrected chi connectivity index (χ2v) is 5.38. The number of nitrogens with zero attached hydrogens (tertiary/aromatic N) is 1. The molecule has 1 aromatic rings. The minimum Gasteiger partial charge on any atom is -0.444 e. The van der Waals surface area contributed by atoms with Gasteiger partial charge in [-0.25, -0.2) is 4.79 Å². The first-order valence-corrected chi connectivity index (χ1v) is 7.82. The van der Waals surface area contributed by atoms with Gasteiger partial charge in [0.25, 0.3) is 5.91 Å². The fraction of sp³-hybridized carbons (Fsp3) is 0.471. The Balaban J connectivity index is 1.85. The highest BCUT2D eigenvalue weighted by Gasteiger charge is 2.44. The van der Waals surface area contributed by atoms with Gasteiger partial charge < -0.3 is 9.47 Å². The summed E-state index contributed by atoms with van der Waals surface area (Å²) < 4.78 is 10.4. The molecule has 6 heteroatoms. The number of rotatable bonds is 7. The predicted molar refractivity (Wildman–Crippen MR) is 82.4 cm³/mol. The molecule has 0 aliphatic carbocycles. The molecule has 1 aromatic carbocycles. The van der Waals surface area contributed by atoms with Gasteiger partial charge in [-0.2, -0.15) is 4.90 Å². The van der Waals surface area contributed by atoms with Crippen molar-refractivity contribution in [2.75, 3.05) is 6.61 Å². The first-order valence-electron chi connectivity index (χ1n) is 7.82. The lowest BCUT2D eigenvalue weighted by atomic mass is 10.2. The van der Waals surface area contributed by atoms with Crippen LogP contribution >= 0.6 is 0 Å². The van der Waals surface area contributed by atoms with E-state index < -0.39 is 24.0 Å². The lowest BCUT2D eigenvalue weighted by Crippen LogP contribution is -2.38. The normalized spacial score (nSPS) is 17.6. The van der Waals surface area contributed by atoms with Crippen LogP contribution in [0.3, 0.4) is 0 Å². The van der Waals surface area contributed by atoms with Crippen molar-refractivity contribution >= 4 is 17.9 Å². The number of likely N-dealkylation sites (tertiary alicyclic amines) is 1. The molecule has 0 radical (unpaired) electrons. The van der Waals surface area contributed by atoms with Crippen LogP contribution in [-0.4, -0.2) is 35.5 Å². The molecule has 2 rings (SSSR count). The molecule has 0 spiro atoms. The number of hydrogen-bond acceptors (Lipinski definition) is 5. The monoisotopic (exact) mass is 319 g/mol. The van der Waals surface area contributed by atoms with Crippen molar-refractivity contribution in [1.82, 2.24) is 4.90 Å². The van der Waals surface area contributed by atoms with Crippen molar-refractivity contribution < 1.29 is 23.9 Å². The molecule has 1 atom stereocenters. The SMILES string of the molecule is CCCCCOC1CC(=O)N(C(=O)OCc2ccccc2)C1=O. The molecule has 0 aromatic heterocycles. The molecule has 1 aliphatic heterocycles. The Morgan fingerprint density at radius 1 is 1.22 bits per heavy atom. The zero-order valence-corrected chi connectivity index (χ0v) is 13.2. The lowest BCUT2D eigenvalue weighted by molar-refractivity contribution is -0.140. The Hall–Kier alpha value is -2.21. The Kier molecular flexibility index (Phi) is 6.29. The molecule has 1 saturated heterocycles. The van der Waals surface area contributed by atoms with E-state index in [9.17, 15) is 14.4 Å². The lowest BCUT2D eigenvalue weighted by Gasteiger charge is -2.13. The van der Waals surface area contributed by atoms with Crippen molar-refractivity contribution in [3.8, 4) is 0 Å². The Morgan fingerprint density at radius 2 is 1.96 bits per heavy atom. The third-order valence-corrected chi connectivity index (χ3v) is 3.56. The largest absolute Gasteiger partial charge is 0.444 e. The van der Waals surface area contributed by atoms with Gasteiger partial charge in [0.1, 0.15) is 12.7 Å². The average Bonchev–Trinajstić information content (AvgIpc) is 2.84. The van der Waals surface area contributed by atoms with Crippen LogP contribution in [0.15, 0.2) is 30.3 Å². The van der Waals surface area contributed by atoms with Crippen molar-refractivity contribution in [3.63, 3.8) is 0 Å². The highest BCUT2D eigenvalue weighted by molar-refractivity contribution is 6.15. The van der Waals surface area contributed by atoms with Crippen LogP contribution in [0, 0.1) is 0 Å². The van der Waals surface area contributed by atoms with Gasteiger partial charge >= 0.3 is 6.09 Å². The van der Waals surface area contributed by atoms with E-state index >= 15 is 0 Å². The number of benzene rings is 1. The summed E-state index contributed by atoms with van der Waals surface area (Å²) in [6, 6.07) is 9.06. The Labute approximate surface area is 135 Å². The molecule has 6 nitrogen and oxygen atoms in total. The van der Waals surface area contributed by atoms with Gasteiger partial charge in [0, 0.05) is 6.61 Å². The second-order valence-electron chi connectivity index (χ2n) is 5.38. The highest BCUT2D eigenvalue weighted by Crippen LogP contribution is 2.18. The van der Waals surface area contributed by atoms with Crippen LogP contribution < -0.4 is 0 Å². The smallest absolute Gasteiger partial charge is 0.423 e. The van der Waals surface area contributed by atoms with Gasteiger partial charge in [-0.1, -0.05) is 50.1 Å². The molecular weight excluding hydrogens is 298 g/mol. The first kappa shape index (κ1) is 17.1. The Bertz CT molecular complexity index is 557. The Morgan fingerprint density at radius 3 is 2.65 bits per heavy atom. The number of imide groups is 3.